The molecule has 0 aliphatic heterocycles. The summed E-state index contributed by atoms with van der Waals surface area (Å²) in [7, 11) is 0. The number of nitrogens with zero attached hydrogens (tertiary/aromatic N) is 1. The summed E-state index contributed by atoms with van der Waals surface area (Å²) in [6.45, 7) is 3.02. The molecule has 4 aliphatic carbocycles. The molecular formula is C34H40N2O12. The molecule has 0 heterocycles. The number of nitrogens with one attached hydrogen (secondary N) is 1. The van der Waals surface area contributed by atoms with Crippen LogP contribution in [0.1, 0.15) is 83.3 Å². The molecule has 0 radical (unpaired) electrons. The van der Waals surface area contributed by atoms with Gasteiger partial charge in [-0.1, -0.05) is 31.6 Å². The van der Waals surface area contributed by atoms with Gasteiger partial charge < -0.3 is 25.4 Å². The molecule has 4 aliphatic rings. The van der Waals surface area contributed by atoms with Gasteiger partial charge >= 0.3 is 11.9 Å². The standard InChI is InChI=1S/C34H40N2O12/c1-32-12-10-21(37)15-19(32)6-7-22-23-11-13-34(45,33(23,2)16-24(38)28(22)32)25(39)17-48-27(41)9-8-26(40)35-29(31(43)44)30(42)18-4-3-5-20(14-18)36(46)47/h3-5,14-15,22-23,28-30,42,45H,6-13,16-17H2,1-2H3,(H,35,40)(H,43,44)/t22-,23-,28+,29-,30+,32-,33-,34-/m0/s1. The molecule has 0 aromatic heterocycles. The Labute approximate surface area is 276 Å². The van der Waals surface area contributed by atoms with Gasteiger partial charge in [-0.3, -0.25) is 34.1 Å². The number of carbonyl (C=O) groups excluding carboxylic acids is 5. The number of Topliss-reactive ketones (excluding diaryl/α,β-unsaturated/α-hetero) is 2. The Morgan fingerprint density at radius 3 is 2.52 bits per heavy atom. The summed E-state index contributed by atoms with van der Waals surface area (Å²) < 4.78 is 5.11. The lowest BCUT2D eigenvalue weighted by Crippen LogP contribution is -2.61. The maximum absolute atomic E-state index is 13.8. The number of aliphatic hydroxyl groups excluding tert-OH is 1. The van der Waals surface area contributed by atoms with Crippen LogP contribution in [0.3, 0.4) is 0 Å². The van der Waals surface area contributed by atoms with Gasteiger partial charge in [0.2, 0.25) is 11.7 Å². The number of aliphatic carboxylic acids is 1. The Morgan fingerprint density at radius 1 is 1.10 bits per heavy atom. The highest BCUT2D eigenvalue weighted by atomic mass is 16.6. The average Bonchev–Trinajstić information content (AvgIpc) is 3.31. The van der Waals surface area contributed by atoms with Crippen molar-refractivity contribution in [1.29, 1.82) is 0 Å². The van der Waals surface area contributed by atoms with Gasteiger partial charge in [0.25, 0.3) is 5.69 Å². The van der Waals surface area contributed by atoms with Crippen LogP contribution in [0.15, 0.2) is 35.9 Å². The highest BCUT2D eigenvalue weighted by Crippen LogP contribution is 2.66. The summed E-state index contributed by atoms with van der Waals surface area (Å²) in [5, 5.41) is 45.0. The number of fused-ring (bicyclic) bond motifs is 5. The van der Waals surface area contributed by atoms with Crippen LogP contribution in [0, 0.1) is 38.7 Å². The number of esters is 1. The third kappa shape index (κ3) is 6.07. The fourth-order valence-corrected chi connectivity index (χ4v) is 8.93. The van der Waals surface area contributed by atoms with Crippen LogP contribution in [0.5, 0.6) is 0 Å². The molecule has 48 heavy (non-hydrogen) atoms. The van der Waals surface area contributed by atoms with Crippen molar-refractivity contribution >= 4 is 40.9 Å². The molecule has 1 aromatic rings. The van der Waals surface area contributed by atoms with Crippen LogP contribution in [0.4, 0.5) is 5.69 Å². The maximum Gasteiger partial charge on any atom is 0.329 e. The summed E-state index contributed by atoms with van der Waals surface area (Å²) in [4.78, 5) is 86.4. The van der Waals surface area contributed by atoms with Gasteiger partial charge in [0.15, 0.2) is 18.4 Å². The molecule has 3 saturated carbocycles. The van der Waals surface area contributed by atoms with Gasteiger partial charge in [-0.25, -0.2) is 4.79 Å². The van der Waals surface area contributed by atoms with Crippen molar-refractivity contribution in [2.75, 3.05) is 6.61 Å². The SMILES string of the molecule is C[C@]12CCC(=O)C=C1CC[C@@H]1[C@@H]2C(=O)C[C@@]2(C)[C@H]1CC[C@]2(O)C(=O)COC(=O)CCC(=O)N[C@H](C(=O)O)[C@H](O)c1cccc([N+](=O)[O-])c1. The second kappa shape index (κ2) is 13.0. The second-order valence-corrected chi connectivity index (χ2v) is 14.1. The third-order valence-corrected chi connectivity index (χ3v) is 11.5. The fourth-order valence-electron chi connectivity index (χ4n) is 8.93. The number of hydrogen-bond donors (Lipinski definition) is 4. The number of rotatable bonds is 11. The number of nitro groups is 1. The van der Waals surface area contributed by atoms with E-state index in [1.165, 1.54) is 12.1 Å². The number of allylic oxidation sites excluding steroid dienone is 1. The summed E-state index contributed by atoms with van der Waals surface area (Å²) in [6, 6.07) is 2.77. The van der Waals surface area contributed by atoms with Crippen molar-refractivity contribution in [2.24, 2.45) is 28.6 Å². The van der Waals surface area contributed by atoms with E-state index in [1.807, 2.05) is 0 Å². The lowest BCUT2D eigenvalue weighted by Gasteiger charge is -2.57. The van der Waals surface area contributed by atoms with Crippen LogP contribution >= 0.6 is 0 Å². The van der Waals surface area contributed by atoms with Gasteiger partial charge in [-0.05, 0) is 61.0 Å². The number of carboxylic acids is 1. The first-order chi connectivity index (χ1) is 22.5. The van der Waals surface area contributed by atoms with Crippen molar-refractivity contribution in [3.63, 3.8) is 0 Å². The number of nitro benzene ring substituents is 1. The monoisotopic (exact) mass is 668 g/mol. The van der Waals surface area contributed by atoms with Gasteiger partial charge in [0.1, 0.15) is 17.5 Å². The van der Waals surface area contributed by atoms with Crippen molar-refractivity contribution < 1.29 is 53.7 Å². The quantitative estimate of drug-likeness (QED) is 0.152. The molecule has 0 saturated heterocycles. The molecule has 258 valence electrons. The van der Waals surface area contributed by atoms with E-state index in [4.69, 9.17) is 4.74 Å². The number of benzene rings is 1. The van der Waals surface area contributed by atoms with E-state index in [0.717, 1.165) is 17.7 Å². The molecule has 5 rings (SSSR count). The van der Waals surface area contributed by atoms with E-state index in [-0.39, 0.29) is 53.4 Å². The lowest BCUT2D eigenvalue weighted by molar-refractivity contribution is -0.385. The number of ether oxygens (including phenoxy) is 1. The Morgan fingerprint density at radius 2 is 1.83 bits per heavy atom. The van der Waals surface area contributed by atoms with E-state index < -0.39 is 76.6 Å². The zero-order valence-corrected chi connectivity index (χ0v) is 26.8. The third-order valence-electron chi connectivity index (χ3n) is 11.5. The van der Waals surface area contributed by atoms with Gasteiger partial charge in [-0.2, -0.15) is 0 Å². The van der Waals surface area contributed by atoms with E-state index >= 15 is 0 Å². The summed E-state index contributed by atoms with van der Waals surface area (Å²) in [6.07, 6.45) is 1.71. The van der Waals surface area contributed by atoms with Crippen LogP contribution in [0.25, 0.3) is 0 Å². The molecule has 14 heteroatoms. The zero-order valence-electron chi connectivity index (χ0n) is 26.8. The largest absolute Gasteiger partial charge is 0.480 e. The Bertz CT molecular complexity index is 1600. The first-order valence-corrected chi connectivity index (χ1v) is 16.1. The Balaban J connectivity index is 1.17. The molecule has 0 bridgehead atoms. The van der Waals surface area contributed by atoms with E-state index in [2.05, 4.69) is 12.2 Å². The van der Waals surface area contributed by atoms with Crippen LogP contribution in [0.2, 0.25) is 0 Å². The molecule has 0 spiro atoms. The summed E-state index contributed by atoms with van der Waals surface area (Å²) in [5.74, 6) is -4.68. The number of hydrogen-bond acceptors (Lipinski definition) is 11. The second-order valence-electron chi connectivity index (χ2n) is 14.1. The predicted molar refractivity (Wildman–Crippen MR) is 165 cm³/mol. The zero-order chi connectivity index (χ0) is 35.2. The van der Waals surface area contributed by atoms with Crippen molar-refractivity contribution in [3.8, 4) is 0 Å². The van der Waals surface area contributed by atoms with Crippen molar-refractivity contribution in [1.82, 2.24) is 5.32 Å². The number of carbonyl (C=O) groups is 6. The number of ketones is 3. The maximum atomic E-state index is 13.8. The minimum Gasteiger partial charge on any atom is -0.480 e. The Hall–Kier alpha value is -4.30. The molecule has 4 N–H and O–H groups in total. The number of carboxylic acid groups (broad SMARTS) is 1. The lowest BCUT2D eigenvalue weighted by atomic mass is 9.46. The van der Waals surface area contributed by atoms with E-state index in [9.17, 15) is 54.2 Å². The van der Waals surface area contributed by atoms with Gasteiger partial charge in [0, 0.05) is 42.7 Å². The first kappa shape index (κ1) is 35.0. The highest BCUT2D eigenvalue weighted by Gasteiger charge is 2.68. The number of aliphatic hydroxyl groups is 2. The molecule has 0 unspecified atom stereocenters. The average molecular weight is 669 g/mol. The topological polar surface area (TPSA) is 228 Å². The molecule has 1 amide bonds. The molecule has 1 aromatic carbocycles. The number of amides is 1. The first-order valence-electron chi connectivity index (χ1n) is 16.1. The minimum absolute atomic E-state index is 0.0149. The van der Waals surface area contributed by atoms with Crippen LogP contribution < -0.4 is 5.32 Å². The smallest absolute Gasteiger partial charge is 0.329 e. The fraction of sp³-hybridized carbons (Fsp3) is 0.588. The molecular weight excluding hydrogens is 628 g/mol. The van der Waals surface area contributed by atoms with Gasteiger partial charge in [-0.15, -0.1) is 0 Å². The highest BCUT2D eigenvalue weighted by molar-refractivity contribution is 5.95. The predicted octanol–water partition coefficient (Wildman–Crippen LogP) is 2.53. The Kier molecular flexibility index (Phi) is 9.45. The van der Waals surface area contributed by atoms with Gasteiger partial charge in [0.05, 0.1) is 11.3 Å². The molecule has 3 fully saturated rings. The van der Waals surface area contributed by atoms with Crippen LogP contribution in [-0.4, -0.2) is 73.7 Å². The minimum atomic E-state index is -1.91. The molecule has 14 nitrogen and oxygen atoms in total. The van der Waals surface area contributed by atoms with E-state index in [0.29, 0.717) is 32.1 Å². The van der Waals surface area contributed by atoms with Crippen molar-refractivity contribution in [3.05, 3.63) is 51.6 Å². The molecule has 8 atom stereocenters. The van der Waals surface area contributed by atoms with Crippen molar-refractivity contribution in [2.45, 2.75) is 89.4 Å². The normalized spacial score (nSPS) is 32.1. The van der Waals surface area contributed by atoms with Crippen LogP contribution in [-0.2, 0) is 33.5 Å². The number of non-ortho nitro benzene ring substituents is 1. The summed E-state index contributed by atoms with van der Waals surface area (Å²) in [5.41, 5.74) is -2.89. The summed E-state index contributed by atoms with van der Waals surface area (Å²) >= 11 is 0. The van der Waals surface area contributed by atoms with E-state index in [1.54, 1.807) is 13.0 Å².